The lowest BCUT2D eigenvalue weighted by molar-refractivity contribution is 0.202. The zero-order valence-corrected chi connectivity index (χ0v) is 11.0. The first-order valence-corrected chi connectivity index (χ1v) is 6.41. The minimum absolute atomic E-state index is 0.407. The van der Waals surface area contributed by atoms with Crippen LogP contribution in [-0.2, 0) is 0 Å². The SMILES string of the molecule is CNC(=O)Oc1cc(C)ccc1C1CCNCC1. The van der Waals surface area contributed by atoms with E-state index in [4.69, 9.17) is 4.74 Å². The van der Waals surface area contributed by atoms with E-state index in [1.807, 2.05) is 13.0 Å². The van der Waals surface area contributed by atoms with Crippen molar-refractivity contribution in [1.82, 2.24) is 10.6 Å². The van der Waals surface area contributed by atoms with Crippen LogP contribution in [0.15, 0.2) is 18.2 Å². The maximum atomic E-state index is 11.4. The summed E-state index contributed by atoms with van der Waals surface area (Å²) in [4.78, 5) is 11.4. The number of hydrogen-bond donors (Lipinski definition) is 2. The van der Waals surface area contributed by atoms with Crippen LogP contribution in [0.25, 0.3) is 0 Å². The minimum Gasteiger partial charge on any atom is -0.410 e. The van der Waals surface area contributed by atoms with Crippen LogP contribution in [-0.4, -0.2) is 26.2 Å². The Morgan fingerprint density at radius 2 is 2.11 bits per heavy atom. The van der Waals surface area contributed by atoms with Gasteiger partial charge in [0.1, 0.15) is 5.75 Å². The predicted octanol–water partition coefficient (Wildman–Crippen LogP) is 2.18. The lowest BCUT2D eigenvalue weighted by atomic mass is 9.89. The summed E-state index contributed by atoms with van der Waals surface area (Å²) in [5.74, 6) is 1.17. The van der Waals surface area contributed by atoms with E-state index in [1.165, 1.54) is 0 Å². The fraction of sp³-hybridized carbons (Fsp3) is 0.500. The average Bonchev–Trinajstić information content (AvgIpc) is 2.40. The van der Waals surface area contributed by atoms with E-state index < -0.39 is 6.09 Å². The molecule has 0 bridgehead atoms. The number of rotatable bonds is 2. The fourth-order valence-corrected chi connectivity index (χ4v) is 2.35. The van der Waals surface area contributed by atoms with Crippen LogP contribution in [0.1, 0.15) is 29.9 Å². The molecule has 0 spiro atoms. The van der Waals surface area contributed by atoms with Crippen LogP contribution in [0.5, 0.6) is 5.75 Å². The Balaban J connectivity index is 2.24. The third kappa shape index (κ3) is 3.01. The molecule has 4 heteroatoms. The molecule has 1 saturated heterocycles. The van der Waals surface area contributed by atoms with Crippen LogP contribution in [0, 0.1) is 6.92 Å². The lowest BCUT2D eigenvalue weighted by Gasteiger charge is -2.24. The van der Waals surface area contributed by atoms with Gasteiger partial charge < -0.3 is 15.4 Å². The standard InChI is InChI=1S/C14H20N2O2/c1-10-3-4-12(11-5-7-16-8-6-11)13(9-10)18-14(17)15-2/h3-4,9,11,16H,5-8H2,1-2H3,(H,15,17). The van der Waals surface area contributed by atoms with Gasteiger partial charge in [0.2, 0.25) is 0 Å². The molecule has 0 saturated carbocycles. The number of ether oxygens (including phenoxy) is 1. The molecule has 0 unspecified atom stereocenters. The van der Waals surface area contributed by atoms with Crippen molar-refractivity contribution in [2.75, 3.05) is 20.1 Å². The predicted molar refractivity (Wildman–Crippen MR) is 71.1 cm³/mol. The quantitative estimate of drug-likeness (QED) is 0.843. The van der Waals surface area contributed by atoms with Gasteiger partial charge in [-0.3, -0.25) is 0 Å². The molecule has 0 atom stereocenters. The number of nitrogens with one attached hydrogen (secondary N) is 2. The maximum Gasteiger partial charge on any atom is 0.412 e. The van der Waals surface area contributed by atoms with Gasteiger partial charge in [0.25, 0.3) is 0 Å². The summed E-state index contributed by atoms with van der Waals surface area (Å²) < 4.78 is 5.36. The highest BCUT2D eigenvalue weighted by Crippen LogP contribution is 2.33. The van der Waals surface area contributed by atoms with Gasteiger partial charge >= 0.3 is 6.09 Å². The lowest BCUT2D eigenvalue weighted by Crippen LogP contribution is -2.27. The molecular weight excluding hydrogens is 228 g/mol. The van der Waals surface area contributed by atoms with Crippen LogP contribution < -0.4 is 15.4 Å². The highest BCUT2D eigenvalue weighted by molar-refractivity contribution is 5.70. The van der Waals surface area contributed by atoms with Gasteiger partial charge in [-0.25, -0.2) is 4.79 Å². The van der Waals surface area contributed by atoms with Gasteiger partial charge in [0.05, 0.1) is 0 Å². The van der Waals surface area contributed by atoms with Crippen molar-refractivity contribution in [2.24, 2.45) is 0 Å². The van der Waals surface area contributed by atoms with Crippen LogP contribution in [0.2, 0.25) is 0 Å². The van der Waals surface area contributed by atoms with Crippen molar-refractivity contribution < 1.29 is 9.53 Å². The van der Waals surface area contributed by atoms with E-state index in [0.717, 1.165) is 37.1 Å². The summed E-state index contributed by atoms with van der Waals surface area (Å²) in [6.07, 6.45) is 1.77. The molecule has 0 aliphatic carbocycles. The average molecular weight is 248 g/mol. The highest BCUT2D eigenvalue weighted by atomic mass is 16.6. The number of hydrogen-bond acceptors (Lipinski definition) is 3. The molecule has 98 valence electrons. The molecular formula is C14H20N2O2. The fourth-order valence-electron chi connectivity index (χ4n) is 2.35. The monoisotopic (exact) mass is 248 g/mol. The normalized spacial score (nSPS) is 16.3. The Labute approximate surface area is 108 Å². The second-order valence-corrected chi connectivity index (χ2v) is 4.71. The van der Waals surface area contributed by atoms with Crippen molar-refractivity contribution in [2.45, 2.75) is 25.7 Å². The Hall–Kier alpha value is -1.55. The third-order valence-corrected chi connectivity index (χ3v) is 3.35. The first-order valence-electron chi connectivity index (χ1n) is 6.41. The number of carbonyl (C=O) groups excluding carboxylic acids is 1. The van der Waals surface area contributed by atoms with Gasteiger partial charge in [-0.15, -0.1) is 0 Å². The first-order chi connectivity index (χ1) is 8.70. The van der Waals surface area contributed by atoms with Gasteiger partial charge in [-0.1, -0.05) is 12.1 Å². The van der Waals surface area contributed by atoms with Gasteiger partial charge in [-0.05, 0) is 56.0 Å². The molecule has 0 aromatic heterocycles. The molecule has 4 nitrogen and oxygen atoms in total. The molecule has 1 aromatic carbocycles. The van der Waals surface area contributed by atoms with E-state index in [9.17, 15) is 4.79 Å². The Bertz CT molecular complexity index is 426. The summed E-state index contributed by atoms with van der Waals surface area (Å²) in [5.41, 5.74) is 2.25. The summed E-state index contributed by atoms with van der Waals surface area (Å²) >= 11 is 0. The minimum atomic E-state index is -0.407. The number of aryl methyl sites for hydroxylation is 1. The molecule has 1 aliphatic heterocycles. The Morgan fingerprint density at radius 1 is 1.39 bits per heavy atom. The molecule has 1 fully saturated rings. The van der Waals surface area contributed by atoms with E-state index in [1.54, 1.807) is 7.05 Å². The number of piperidine rings is 1. The molecule has 0 radical (unpaired) electrons. The van der Waals surface area contributed by atoms with E-state index in [-0.39, 0.29) is 0 Å². The van der Waals surface area contributed by atoms with E-state index >= 15 is 0 Å². The van der Waals surface area contributed by atoms with E-state index in [0.29, 0.717) is 11.7 Å². The molecule has 18 heavy (non-hydrogen) atoms. The number of amides is 1. The van der Waals surface area contributed by atoms with E-state index in [2.05, 4.69) is 22.8 Å². The largest absolute Gasteiger partial charge is 0.412 e. The van der Waals surface area contributed by atoms with Gasteiger partial charge in [0, 0.05) is 7.05 Å². The first kappa shape index (κ1) is 12.9. The third-order valence-electron chi connectivity index (χ3n) is 3.35. The maximum absolute atomic E-state index is 11.4. The van der Waals surface area contributed by atoms with Crippen molar-refractivity contribution in [1.29, 1.82) is 0 Å². The summed E-state index contributed by atoms with van der Waals surface area (Å²) in [7, 11) is 1.57. The van der Waals surface area contributed by atoms with Gasteiger partial charge in [-0.2, -0.15) is 0 Å². The number of benzene rings is 1. The topological polar surface area (TPSA) is 50.4 Å². The van der Waals surface area contributed by atoms with Crippen molar-refractivity contribution in [3.8, 4) is 5.75 Å². The summed E-state index contributed by atoms with van der Waals surface area (Å²) in [6, 6.07) is 6.10. The molecule has 1 amide bonds. The molecule has 2 N–H and O–H groups in total. The smallest absolute Gasteiger partial charge is 0.410 e. The molecule has 2 rings (SSSR count). The second kappa shape index (κ2) is 5.87. The molecule has 1 heterocycles. The van der Waals surface area contributed by atoms with Crippen LogP contribution >= 0.6 is 0 Å². The highest BCUT2D eigenvalue weighted by Gasteiger charge is 2.20. The zero-order valence-electron chi connectivity index (χ0n) is 11.0. The van der Waals surface area contributed by atoms with Crippen molar-refractivity contribution in [3.05, 3.63) is 29.3 Å². The second-order valence-electron chi connectivity index (χ2n) is 4.71. The summed E-state index contributed by atoms with van der Waals surface area (Å²) in [5, 5.41) is 5.84. The summed E-state index contributed by atoms with van der Waals surface area (Å²) in [6.45, 7) is 4.05. The zero-order chi connectivity index (χ0) is 13.0. The van der Waals surface area contributed by atoms with Crippen LogP contribution in [0.4, 0.5) is 4.79 Å². The Morgan fingerprint density at radius 3 is 2.78 bits per heavy atom. The number of carbonyl (C=O) groups is 1. The van der Waals surface area contributed by atoms with Crippen LogP contribution in [0.3, 0.4) is 0 Å². The Kier molecular flexibility index (Phi) is 4.20. The van der Waals surface area contributed by atoms with Crippen molar-refractivity contribution >= 4 is 6.09 Å². The molecule has 1 aliphatic rings. The molecule has 1 aromatic rings. The van der Waals surface area contributed by atoms with Gasteiger partial charge in [0.15, 0.2) is 0 Å². The van der Waals surface area contributed by atoms with Crippen molar-refractivity contribution in [3.63, 3.8) is 0 Å².